The third-order valence-electron chi connectivity index (χ3n) is 3.46. The van der Waals surface area contributed by atoms with Crippen molar-refractivity contribution in [1.29, 1.82) is 0 Å². The summed E-state index contributed by atoms with van der Waals surface area (Å²) in [5.74, 6) is -0.108. The van der Waals surface area contributed by atoms with Gasteiger partial charge in [-0.25, -0.2) is 4.68 Å². The van der Waals surface area contributed by atoms with E-state index in [9.17, 15) is 4.79 Å². The van der Waals surface area contributed by atoms with Crippen molar-refractivity contribution >= 4 is 5.91 Å². The van der Waals surface area contributed by atoms with Gasteiger partial charge in [0.15, 0.2) is 0 Å². The van der Waals surface area contributed by atoms with Crippen molar-refractivity contribution in [2.45, 2.75) is 18.9 Å². The maximum atomic E-state index is 12.5. The molecule has 1 amide bonds. The van der Waals surface area contributed by atoms with Gasteiger partial charge in [-0.15, -0.1) is 5.10 Å². The van der Waals surface area contributed by atoms with Crippen molar-refractivity contribution in [2.75, 3.05) is 33.5 Å². The zero-order valence-corrected chi connectivity index (χ0v) is 13.8. The summed E-state index contributed by atoms with van der Waals surface area (Å²) >= 11 is 0. The average molecular weight is 333 g/mol. The number of benzene rings is 1. The Morgan fingerprint density at radius 2 is 2.08 bits per heavy atom. The van der Waals surface area contributed by atoms with E-state index >= 15 is 0 Å². The van der Waals surface area contributed by atoms with E-state index in [-0.39, 0.29) is 5.91 Å². The first-order valence-electron chi connectivity index (χ1n) is 7.92. The van der Waals surface area contributed by atoms with Crippen molar-refractivity contribution < 1.29 is 14.3 Å². The van der Waals surface area contributed by atoms with E-state index in [0.717, 1.165) is 12.0 Å². The summed E-state index contributed by atoms with van der Waals surface area (Å²) in [5, 5.41) is 14.0. The number of ether oxygens (including phenoxy) is 2. The largest absolute Gasteiger partial charge is 0.382 e. The first-order valence-corrected chi connectivity index (χ1v) is 7.92. The van der Waals surface area contributed by atoms with Crippen LogP contribution in [0.4, 0.5) is 0 Å². The molecule has 0 spiro atoms. The molecule has 0 saturated carbocycles. The average Bonchev–Trinajstić information content (AvgIpc) is 3.14. The number of aromatic nitrogens is 4. The van der Waals surface area contributed by atoms with Crippen LogP contribution in [0.5, 0.6) is 0 Å². The van der Waals surface area contributed by atoms with Gasteiger partial charge in [0.25, 0.3) is 0 Å². The van der Waals surface area contributed by atoms with E-state index in [2.05, 4.69) is 20.8 Å². The zero-order valence-electron chi connectivity index (χ0n) is 13.8. The minimum atomic E-state index is -0.475. The van der Waals surface area contributed by atoms with E-state index in [0.29, 0.717) is 32.8 Å². The lowest BCUT2D eigenvalue weighted by atomic mass is 10.1. The molecule has 1 atom stereocenters. The summed E-state index contributed by atoms with van der Waals surface area (Å²) in [6.07, 6.45) is 2.73. The number of carbonyl (C=O) groups is 1. The van der Waals surface area contributed by atoms with Crippen LogP contribution < -0.4 is 5.32 Å². The van der Waals surface area contributed by atoms with Crippen LogP contribution in [0, 0.1) is 0 Å². The topological polar surface area (TPSA) is 91.2 Å². The fourth-order valence-corrected chi connectivity index (χ4v) is 2.20. The van der Waals surface area contributed by atoms with E-state index in [1.807, 2.05) is 30.3 Å². The third-order valence-corrected chi connectivity index (χ3v) is 3.46. The molecule has 0 radical (unpaired) electrons. The molecule has 0 aliphatic heterocycles. The Morgan fingerprint density at radius 3 is 2.79 bits per heavy atom. The summed E-state index contributed by atoms with van der Waals surface area (Å²) in [4.78, 5) is 12.5. The number of amides is 1. The molecule has 1 heterocycles. The molecule has 0 aliphatic carbocycles. The van der Waals surface area contributed by atoms with Gasteiger partial charge in [0.05, 0.1) is 13.2 Å². The summed E-state index contributed by atoms with van der Waals surface area (Å²) in [7, 11) is 1.63. The van der Waals surface area contributed by atoms with Gasteiger partial charge in [-0.1, -0.05) is 30.3 Å². The van der Waals surface area contributed by atoms with E-state index in [4.69, 9.17) is 9.47 Å². The SMILES string of the molecule is COCCOCCCNC(=O)C(Cc1ccccc1)n1cnnn1. The Morgan fingerprint density at radius 1 is 1.25 bits per heavy atom. The van der Waals surface area contributed by atoms with Gasteiger partial charge in [0.2, 0.25) is 5.91 Å². The molecule has 0 bridgehead atoms. The highest BCUT2D eigenvalue weighted by molar-refractivity contribution is 5.80. The standard InChI is InChI=1S/C16H23N5O3/c1-23-10-11-24-9-5-8-17-16(22)15(21-13-18-19-20-21)12-14-6-3-2-4-7-14/h2-4,6-7,13,15H,5,8-12H2,1H3,(H,17,22). The number of hydrogen-bond acceptors (Lipinski definition) is 6. The molecular formula is C16H23N5O3. The van der Waals surface area contributed by atoms with Gasteiger partial charge < -0.3 is 14.8 Å². The van der Waals surface area contributed by atoms with Gasteiger partial charge in [0.1, 0.15) is 12.4 Å². The molecule has 1 aromatic heterocycles. The van der Waals surface area contributed by atoms with Crippen LogP contribution in [-0.2, 0) is 20.7 Å². The van der Waals surface area contributed by atoms with Gasteiger partial charge in [-0.05, 0) is 22.4 Å². The predicted molar refractivity (Wildman–Crippen MR) is 87.3 cm³/mol. The van der Waals surface area contributed by atoms with Crippen LogP contribution in [0.2, 0.25) is 0 Å². The smallest absolute Gasteiger partial charge is 0.245 e. The fraction of sp³-hybridized carbons (Fsp3) is 0.500. The minimum absolute atomic E-state index is 0.108. The van der Waals surface area contributed by atoms with Crippen molar-refractivity contribution in [2.24, 2.45) is 0 Å². The first-order chi connectivity index (χ1) is 11.8. The number of carbonyl (C=O) groups excluding carboxylic acids is 1. The Hall–Kier alpha value is -2.32. The molecular weight excluding hydrogens is 310 g/mol. The molecule has 1 N–H and O–H groups in total. The summed E-state index contributed by atoms with van der Waals surface area (Å²) in [6.45, 7) is 2.26. The minimum Gasteiger partial charge on any atom is -0.382 e. The second kappa shape index (κ2) is 10.5. The number of hydrogen-bond donors (Lipinski definition) is 1. The highest BCUT2D eigenvalue weighted by Gasteiger charge is 2.21. The van der Waals surface area contributed by atoms with Gasteiger partial charge in [-0.2, -0.15) is 0 Å². The molecule has 2 rings (SSSR count). The van der Waals surface area contributed by atoms with E-state index in [1.54, 1.807) is 7.11 Å². The van der Waals surface area contributed by atoms with Crippen LogP contribution in [0.3, 0.4) is 0 Å². The number of rotatable bonds is 11. The molecule has 130 valence electrons. The molecule has 8 heteroatoms. The number of methoxy groups -OCH3 is 1. The number of tetrazole rings is 1. The Kier molecular flexibility index (Phi) is 7.85. The normalized spacial score (nSPS) is 12.0. The second-order valence-corrected chi connectivity index (χ2v) is 5.25. The van der Waals surface area contributed by atoms with E-state index in [1.165, 1.54) is 11.0 Å². The number of nitrogens with one attached hydrogen (secondary N) is 1. The molecule has 8 nitrogen and oxygen atoms in total. The Bertz CT molecular complexity index is 577. The van der Waals surface area contributed by atoms with Crippen LogP contribution in [0.25, 0.3) is 0 Å². The summed E-state index contributed by atoms with van der Waals surface area (Å²) in [5.41, 5.74) is 1.05. The van der Waals surface area contributed by atoms with Crippen molar-refractivity contribution in [3.05, 3.63) is 42.2 Å². The predicted octanol–water partition coefficient (Wildman–Crippen LogP) is 0.626. The Labute approximate surface area is 141 Å². The quantitative estimate of drug-likeness (QED) is 0.606. The summed E-state index contributed by atoms with van der Waals surface area (Å²) in [6, 6.07) is 9.32. The highest BCUT2D eigenvalue weighted by Crippen LogP contribution is 2.13. The monoisotopic (exact) mass is 333 g/mol. The third kappa shape index (κ3) is 6.05. The lowest BCUT2D eigenvalue weighted by Crippen LogP contribution is -2.35. The maximum Gasteiger partial charge on any atom is 0.245 e. The molecule has 1 unspecified atom stereocenters. The van der Waals surface area contributed by atoms with Crippen LogP contribution in [0.15, 0.2) is 36.7 Å². The first kappa shape index (κ1) is 18.0. The molecule has 2 aromatic rings. The van der Waals surface area contributed by atoms with Crippen molar-refractivity contribution in [3.8, 4) is 0 Å². The zero-order chi connectivity index (χ0) is 17.0. The van der Waals surface area contributed by atoms with Crippen LogP contribution >= 0.6 is 0 Å². The molecule has 0 aliphatic rings. The van der Waals surface area contributed by atoms with E-state index < -0.39 is 6.04 Å². The lowest BCUT2D eigenvalue weighted by molar-refractivity contribution is -0.124. The molecule has 0 fully saturated rings. The molecule has 1 aromatic carbocycles. The summed E-state index contributed by atoms with van der Waals surface area (Å²) < 4.78 is 11.8. The van der Waals surface area contributed by atoms with Gasteiger partial charge in [-0.3, -0.25) is 4.79 Å². The maximum absolute atomic E-state index is 12.5. The molecule has 24 heavy (non-hydrogen) atoms. The van der Waals surface area contributed by atoms with Crippen molar-refractivity contribution in [3.63, 3.8) is 0 Å². The van der Waals surface area contributed by atoms with Gasteiger partial charge in [0, 0.05) is 26.7 Å². The van der Waals surface area contributed by atoms with Crippen LogP contribution in [0.1, 0.15) is 18.0 Å². The second-order valence-electron chi connectivity index (χ2n) is 5.25. The van der Waals surface area contributed by atoms with Gasteiger partial charge >= 0.3 is 0 Å². The Balaban J connectivity index is 1.82. The fourth-order valence-electron chi connectivity index (χ4n) is 2.20. The van der Waals surface area contributed by atoms with Crippen molar-refractivity contribution in [1.82, 2.24) is 25.5 Å². The van der Waals surface area contributed by atoms with Crippen LogP contribution in [-0.4, -0.2) is 59.6 Å². The molecule has 0 saturated heterocycles. The number of nitrogens with zero attached hydrogens (tertiary/aromatic N) is 4. The lowest BCUT2D eigenvalue weighted by Gasteiger charge is -2.16. The highest BCUT2D eigenvalue weighted by atomic mass is 16.5.